The van der Waals surface area contributed by atoms with E-state index in [-0.39, 0.29) is 6.54 Å². The van der Waals surface area contributed by atoms with Crippen molar-refractivity contribution < 1.29 is 18.3 Å². The predicted octanol–water partition coefficient (Wildman–Crippen LogP) is 4.77. The molecular formula is C24H20F3N5O. The van der Waals surface area contributed by atoms with Crippen molar-refractivity contribution in [3.8, 4) is 17.2 Å². The van der Waals surface area contributed by atoms with Crippen molar-refractivity contribution in [3.05, 3.63) is 77.7 Å². The molecule has 2 aromatic carbocycles. The minimum Gasteiger partial charge on any atom is -0.375 e. The number of hydrogen-bond acceptors (Lipinski definition) is 5. The van der Waals surface area contributed by atoms with Crippen LogP contribution in [-0.4, -0.2) is 31.3 Å². The van der Waals surface area contributed by atoms with Gasteiger partial charge in [0.05, 0.1) is 11.7 Å². The summed E-state index contributed by atoms with van der Waals surface area (Å²) in [6, 6.07) is 19.2. The highest BCUT2D eigenvalue weighted by Crippen LogP contribution is 2.40. The van der Waals surface area contributed by atoms with Gasteiger partial charge in [0.1, 0.15) is 17.5 Å². The maximum atomic E-state index is 13.3. The summed E-state index contributed by atoms with van der Waals surface area (Å²) in [4.78, 5) is 4.42. The van der Waals surface area contributed by atoms with Crippen molar-refractivity contribution in [2.24, 2.45) is 0 Å². The largest absolute Gasteiger partial charge is 0.423 e. The van der Waals surface area contributed by atoms with Gasteiger partial charge in [0, 0.05) is 11.9 Å². The molecule has 33 heavy (non-hydrogen) atoms. The highest BCUT2D eigenvalue weighted by atomic mass is 19.4. The second-order valence-corrected chi connectivity index (χ2v) is 7.71. The number of nitriles is 1. The Labute approximate surface area is 187 Å². The Morgan fingerprint density at radius 2 is 1.85 bits per heavy atom. The van der Waals surface area contributed by atoms with Gasteiger partial charge < -0.3 is 5.11 Å². The van der Waals surface area contributed by atoms with E-state index in [0.29, 0.717) is 17.6 Å². The Bertz CT molecular complexity index is 1330. The van der Waals surface area contributed by atoms with Gasteiger partial charge in [0.2, 0.25) is 5.60 Å². The number of alkyl halides is 3. The molecule has 2 heterocycles. The van der Waals surface area contributed by atoms with Crippen molar-refractivity contribution in [3.63, 3.8) is 0 Å². The first-order chi connectivity index (χ1) is 15.7. The number of fused-ring (bicyclic) bond motifs is 1. The van der Waals surface area contributed by atoms with Crippen LogP contribution in [0, 0.1) is 11.3 Å². The van der Waals surface area contributed by atoms with Crippen molar-refractivity contribution in [2.45, 2.75) is 38.1 Å². The van der Waals surface area contributed by atoms with E-state index in [1.54, 1.807) is 6.07 Å². The zero-order chi connectivity index (χ0) is 23.6. The first-order valence-electron chi connectivity index (χ1n) is 10.3. The van der Waals surface area contributed by atoms with Gasteiger partial charge in [-0.3, -0.25) is 4.68 Å². The third-order valence-corrected chi connectivity index (χ3v) is 5.65. The van der Waals surface area contributed by atoms with Crippen molar-refractivity contribution in [2.75, 3.05) is 0 Å². The van der Waals surface area contributed by atoms with Crippen molar-refractivity contribution in [1.29, 1.82) is 5.26 Å². The zero-order valence-electron chi connectivity index (χ0n) is 17.7. The molecule has 0 saturated heterocycles. The molecule has 0 amide bonds. The minimum absolute atomic E-state index is 0.264. The fourth-order valence-corrected chi connectivity index (χ4v) is 3.71. The van der Waals surface area contributed by atoms with E-state index in [0.717, 1.165) is 28.3 Å². The average molecular weight is 451 g/mol. The summed E-state index contributed by atoms with van der Waals surface area (Å²) in [5.74, 6) is 0. The molecule has 168 valence electrons. The summed E-state index contributed by atoms with van der Waals surface area (Å²) < 4.78 is 41.1. The van der Waals surface area contributed by atoms with Crippen LogP contribution in [0.5, 0.6) is 0 Å². The molecule has 2 aromatic heterocycles. The molecule has 0 saturated carbocycles. The Balaban J connectivity index is 1.60. The molecular weight excluding hydrogens is 431 g/mol. The standard InChI is InChI=1S/C24H20F3N5O/c1-2-23(33,24(25,26)27)22-15-32(31-30-22)11-10-16-8-9-19-20(17-6-4-3-5-7-17)13-18(14-28)29-21(19)12-16/h3-9,12-13,15,33H,2,10-11H2,1H3/t23-/m0/s1. The van der Waals surface area contributed by atoms with E-state index in [9.17, 15) is 23.5 Å². The molecule has 6 nitrogen and oxygen atoms in total. The van der Waals surface area contributed by atoms with E-state index in [4.69, 9.17) is 0 Å². The average Bonchev–Trinajstić information content (AvgIpc) is 3.30. The lowest BCUT2D eigenvalue weighted by Gasteiger charge is -2.26. The quantitative estimate of drug-likeness (QED) is 0.456. The predicted molar refractivity (Wildman–Crippen MR) is 116 cm³/mol. The third-order valence-electron chi connectivity index (χ3n) is 5.65. The number of hydrogen-bond donors (Lipinski definition) is 1. The van der Waals surface area contributed by atoms with Crippen LogP contribution in [0.4, 0.5) is 13.2 Å². The topological polar surface area (TPSA) is 87.6 Å². The van der Waals surface area contributed by atoms with Crippen LogP contribution >= 0.6 is 0 Å². The Morgan fingerprint density at radius 3 is 2.52 bits per heavy atom. The maximum absolute atomic E-state index is 13.3. The fourth-order valence-electron chi connectivity index (χ4n) is 3.71. The molecule has 0 aliphatic carbocycles. The number of aliphatic hydroxyl groups is 1. The molecule has 0 fully saturated rings. The van der Waals surface area contributed by atoms with E-state index < -0.39 is 23.9 Å². The van der Waals surface area contributed by atoms with Gasteiger partial charge in [-0.05, 0) is 41.7 Å². The summed E-state index contributed by atoms with van der Waals surface area (Å²) in [7, 11) is 0. The summed E-state index contributed by atoms with van der Waals surface area (Å²) >= 11 is 0. The molecule has 0 aliphatic rings. The summed E-state index contributed by atoms with van der Waals surface area (Å²) in [5.41, 5.74) is 0.145. The van der Waals surface area contributed by atoms with Crippen molar-refractivity contribution >= 4 is 10.9 Å². The monoisotopic (exact) mass is 451 g/mol. The lowest BCUT2D eigenvalue weighted by molar-refractivity contribution is -0.269. The van der Waals surface area contributed by atoms with Crippen LogP contribution in [0.3, 0.4) is 0 Å². The number of benzene rings is 2. The van der Waals surface area contributed by atoms with E-state index >= 15 is 0 Å². The molecule has 0 aliphatic heterocycles. The van der Waals surface area contributed by atoms with Gasteiger partial charge in [0.25, 0.3) is 0 Å². The zero-order valence-corrected chi connectivity index (χ0v) is 17.7. The van der Waals surface area contributed by atoms with Crippen LogP contribution in [-0.2, 0) is 18.6 Å². The van der Waals surface area contributed by atoms with Gasteiger partial charge in [-0.1, -0.05) is 54.6 Å². The molecule has 4 rings (SSSR count). The second kappa shape index (κ2) is 8.64. The number of pyridine rings is 1. The van der Waals surface area contributed by atoms with Gasteiger partial charge >= 0.3 is 6.18 Å². The van der Waals surface area contributed by atoms with Crippen LogP contribution < -0.4 is 0 Å². The van der Waals surface area contributed by atoms with Gasteiger partial charge in [0.15, 0.2) is 0 Å². The normalized spacial score (nSPS) is 13.6. The molecule has 0 bridgehead atoms. The molecule has 0 spiro atoms. The third kappa shape index (κ3) is 4.30. The number of halogens is 3. The summed E-state index contributed by atoms with van der Waals surface area (Å²) in [5, 5.41) is 27.6. The first-order valence-corrected chi connectivity index (χ1v) is 10.3. The fraction of sp³-hybridized carbons (Fsp3) is 0.250. The van der Waals surface area contributed by atoms with Gasteiger partial charge in [-0.2, -0.15) is 18.4 Å². The second-order valence-electron chi connectivity index (χ2n) is 7.71. The van der Waals surface area contributed by atoms with Crippen LogP contribution in [0.25, 0.3) is 22.0 Å². The van der Waals surface area contributed by atoms with E-state index in [1.165, 1.54) is 11.6 Å². The Hall–Kier alpha value is -3.77. The molecule has 1 N–H and O–H groups in total. The highest BCUT2D eigenvalue weighted by molar-refractivity contribution is 5.95. The smallest absolute Gasteiger partial charge is 0.375 e. The van der Waals surface area contributed by atoms with Gasteiger partial charge in [-0.25, -0.2) is 4.98 Å². The first kappa shape index (κ1) is 22.4. The molecule has 1 atom stereocenters. The minimum atomic E-state index is -4.85. The van der Waals surface area contributed by atoms with Crippen molar-refractivity contribution in [1.82, 2.24) is 20.0 Å². The SMILES string of the molecule is CC[C@](O)(c1cn(CCc2ccc3c(-c4ccccc4)cc(C#N)nc3c2)nn1)C(F)(F)F. The number of rotatable bonds is 6. The maximum Gasteiger partial charge on any atom is 0.423 e. The molecule has 0 radical (unpaired) electrons. The van der Waals surface area contributed by atoms with E-state index in [1.807, 2.05) is 48.5 Å². The van der Waals surface area contributed by atoms with Gasteiger partial charge in [-0.15, -0.1) is 5.10 Å². The van der Waals surface area contributed by atoms with Crippen LogP contribution in [0.2, 0.25) is 0 Å². The molecule has 9 heteroatoms. The molecule has 4 aromatic rings. The lowest BCUT2D eigenvalue weighted by atomic mass is 9.96. The number of nitrogens with zero attached hydrogens (tertiary/aromatic N) is 5. The lowest BCUT2D eigenvalue weighted by Crippen LogP contribution is -2.42. The molecule has 0 unspecified atom stereocenters. The Kier molecular flexibility index (Phi) is 5.87. The van der Waals surface area contributed by atoms with E-state index in [2.05, 4.69) is 21.4 Å². The summed E-state index contributed by atoms with van der Waals surface area (Å²) in [6.45, 7) is 1.51. The van der Waals surface area contributed by atoms with Crippen LogP contribution in [0.15, 0.2) is 60.8 Å². The number of aromatic nitrogens is 4. The Morgan fingerprint density at radius 1 is 1.09 bits per heavy atom. The van der Waals surface area contributed by atoms with Crippen LogP contribution in [0.1, 0.15) is 30.3 Å². The highest BCUT2D eigenvalue weighted by Gasteiger charge is 2.55. The summed E-state index contributed by atoms with van der Waals surface area (Å²) in [6.07, 6.45) is -3.83. The number of aryl methyl sites for hydroxylation is 2.